The second-order valence-electron chi connectivity index (χ2n) is 4.36. The van der Waals surface area contributed by atoms with Crippen molar-refractivity contribution in [1.29, 1.82) is 0 Å². The SMILES string of the molecule is CCC(CC)CN(CC)c1cc(C)nc(Cl)n1. The zero-order valence-electron chi connectivity index (χ0n) is 11.2. The lowest BCUT2D eigenvalue weighted by atomic mass is 10.0. The summed E-state index contributed by atoms with van der Waals surface area (Å²) in [5.74, 6) is 1.65. The smallest absolute Gasteiger partial charge is 0.224 e. The second-order valence-corrected chi connectivity index (χ2v) is 4.70. The van der Waals surface area contributed by atoms with E-state index in [1.165, 1.54) is 12.8 Å². The summed E-state index contributed by atoms with van der Waals surface area (Å²) in [5.41, 5.74) is 0.919. The van der Waals surface area contributed by atoms with Crippen LogP contribution in [0.4, 0.5) is 5.82 Å². The fourth-order valence-electron chi connectivity index (χ4n) is 1.92. The maximum atomic E-state index is 5.91. The molecule has 0 N–H and O–H groups in total. The molecule has 1 rings (SSSR count). The number of nitrogens with zero attached hydrogens (tertiary/aromatic N) is 3. The van der Waals surface area contributed by atoms with Crippen molar-refractivity contribution >= 4 is 17.4 Å². The summed E-state index contributed by atoms with van der Waals surface area (Å²) in [7, 11) is 0. The highest BCUT2D eigenvalue weighted by molar-refractivity contribution is 6.28. The molecule has 0 atom stereocenters. The Kier molecular flexibility index (Phi) is 5.69. The lowest BCUT2D eigenvalue weighted by Gasteiger charge is -2.26. The molecule has 96 valence electrons. The molecule has 17 heavy (non-hydrogen) atoms. The van der Waals surface area contributed by atoms with Crippen molar-refractivity contribution in [1.82, 2.24) is 9.97 Å². The largest absolute Gasteiger partial charge is 0.356 e. The topological polar surface area (TPSA) is 29.0 Å². The predicted octanol–water partition coefficient (Wildman–Crippen LogP) is 3.70. The van der Waals surface area contributed by atoms with Crippen LogP contribution >= 0.6 is 11.6 Å². The van der Waals surface area contributed by atoms with Crippen LogP contribution in [-0.2, 0) is 0 Å². The molecular weight excluding hydrogens is 234 g/mol. The molecule has 1 aromatic rings. The van der Waals surface area contributed by atoms with Crippen molar-refractivity contribution in [2.45, 2.75) is 40.5 Å². The highest BCUT2D eigenvalue weighted by Gasteiger charge is 2.12. The molecule has 0 fully saturated rings. The Bertz CT molecular complexity index is 330. The lowest BCUT2D eigenvalue weighted by Crippen LogP contribution is -2.29. The maximum absolute atomic E-state index is 5.91. The van der Waals surface area contributed by atoms with Gasteiger partial charge in [-0.1, -0.05) is 26.7 Å². The lowest BCUT2D eigenvalue weighted by molar-refractivity contribution is 0.484. The van der Waals surface area contributed by atoms with Crippen molar-refractivity contribution in [3.63, 3.8) is 0 Å². The van der Waals surface area contributed by atoms with Gasteiger partial charge in [0.25, 0.3) is 0 Å². The predicted molar refractivity (Wildman–Crippen MR) is 73.7 cm³/mol. The summed E-state index contributed by atoms with van der Waals surface area (Å²) in [6.07, 6.45) is 2.40. The van der Waals surface area contributed by atoms with E-state index in [2.05, 4.69) is 35.6 Å². The average Bonchev–Trinajstić information content (AvgIpc) is 2.29. The van der Waals surface area contributed by atoms with E-state index in [0.717, 1.165) is 24.6 Å². The Balaban J connectivity index is 2.85. The van der Waals surface area contributed by atoms with Gasteiger partial charge in [-0.3, -0.25) is 0 Å². The van der Waals surface area contributed by atoms with Gasteiger partial charge in [0.1, 0.15) is 5.82 Å². The Hall–Kier alpha value is -0.830. The van der Waals surface area contributed by atoms with Crippen LogP contribution in [0, 0.1) is 12.8 Å². The molecule has 0 spiro atoms. The van der Waals surface area contributed by atoms with E-state index < -0.39 is 0 Å². The average molecular weight is 256 g/mol. The summed E-state index contributed by atoms with van der Waals surface area (Å²) in [5, 5.41) is 0.336. The monoisotopic (exact) mass is 255 g/mol. The molecule has 1 heterocycles. The number of rotatable bonds is 6. The molecule has 0 bridgehead atoms. The number of anilines is 1. The van der Waals surface area contributed by atoms with Crippen molar-refractivity contribution in [2.24, 2.45) is 5.92 Å². The third-order valence-electron chi connectivity index (χ3n) is 3.15. The van der Waals surface area contributed by atoms with Crippen LogP contribution in [0.5, 0.6) is 0 Å². The van der Waals surface area contributed by atoms with E-state index in [0.29, 0.717) is 11.2 Å². The summed E-state index contributed by atoms with van der Waals surface area (Å²) in [6.45, 7) is 10.6. The number of aromatic nitrogens is 2. The van der Waals surface area contributed by atoms with Crippen LogP contribution in [0.2, 0.25) is 5.28 Å². The van der Waals surface area contributed by atoms with Crippen molar-refractivity contribution in [3.05, 3.63) is 17.0 Å². The molecule has 0 saturated carbocycles. The third-order valence-corrected chi connectivity index (χ3v) is 3.32. The van der Waals surface area contributed by atoms with E-state index >= 15 is 0 Å². The zero-order valence-corrected chi connectivity index (χ0v) is 12.0. The molecule has 0 saturated heterocycles. The highest BCUT2D eigenvalue weighted by atomic mass is 35.5. The molecule has 4 heteroatoms. The van der Waals surface area contributed by atoms with E-state index in [-0.39, 0.29) is 0 Å². The van der Waals surface area contributed by atoms with Crippen LogP contribution in [0.3, 0.4) is 0 Å². The van der Waals surface area contributed by atoms with Crippen LogP contribution in [0.25, 0.3) is 0 Å². The second kappa shape index (κ2) is 6.80. The quantitative estimate of drug-likeness (QED) is 0.726. The fraction of sp³-hybridized carbons (Fsp3) is 0.692. The molecule has 0 unspecified atom stereocenters. The molecule has 0 aromatic carbocycles. The summed E-state index contributed by atoms with van der Waals surface area (Å²) >= 11 is 5.91. The Labute approximate surface area is 109 Å². The normalized spacial score (nSPS) is 10.9. The van der Waals surface area contributed by atoms with E-state index in [4.69, 9.17) is 11.6 Å². The van der Waals surface area contributed by atoms with Crippen molar-refractivity contribution < 1.29 is 0 Å². The van der Waals surface area contributed by atoms with E-state index in [9.17, 15) is 0 Å². The third kappa shape index (κ3) is 4.15. The Morgan fingerprint density at radius 2 is 1.88 bits per heavy atom. The van der Waals surface area contributed by atoms with Gasteiger partial charge in [-0.15, -0.1) is 0 Å². The number of aryl methyl sites for hydroxylation is 1. The van der Waals surface area contributed by atoms with Crippen LogP contribution < -0.4 is 4.90 Å². The highest BCUT2D eigenvalue weighted by Crippen LogP contribution is 2.18. The first kappa shape index (κ1) is 14.2. The Morgan fingerprint density at radius 3 is 2.35 bits per heavy atom. The first-order chi connectivity index (χ1) is 8.10. The zero-order chi connectivity index (χ0) is 12.8. The molecule has 0 amide bonds. The van der Waals surface area contributed by atoms with Gasteiger partial charge in [0.05, 0.1) is 0 Å². The minimum atomic E-state index is 0.336. The first-order valence-electron chi connectivity index (χ1n) is 6.36. The molecule has 3 nitrogen and oxygen atoms in total. The van der Waals surface area contributed by atoms with Gasteiger partial charge in [-0.25, -0.2) is 9.97 Å². The van der Waals surface area contributed by atoms with E-state index in [1.807, 2.05) is 13.0 Å². The fourth-order valence-corrected chi connectivity index (χ4v) is 2.14. The standard InChI is InChI=1S/C13H22ClN3/c1-5-11(6-2)9-17(7-3)12-8-10(4)15-13(14)16-12/h8,11H,5-7,9H2,1-4H3. The summed E-state index contributed by atoms with van der Waals surface area (Å²) in [4.78, 5) is 10.7. The minimum absolute atomic E-state index is 0.336. The number of hydrogen-bond donors (Lipinski definition) is 0. The van der Waals surface area contributed by atoms with Gasteiger partial charge in [-0.2, -0.15) is 0 Å². The van der Waals surface area contributed by atoms with Gasteiger partial charge in [-0.05, 0) is 31.4 Å². The van der Waals surface area contributed by atoms with Crippen LogP contribution in [0.15, 0.2) is 6.07 Å². The van der Waals surface area contributed by atoms with Gasteiger partial charge >= 0.3 is 0 Å². The van der Waals surface area contributed by atoms with Crippen molar-refractivity contribution in [3.8, 4) is 0 Å². The van der Waals surface area contributed by atoms with Crippen molar-refractivity contribution in [2.75, 3.05) is 18.0 Å². The Morgan fingerprint density at radius 1 is 1.24 bits per heavy atom. The number of hydrogen-bond acceptors (Lipinski definition) is 3. The van der Waals surface area contributed by atoms with Crippen LogP contribution in [0.1, 0.15) is 39.3 Å². The minimum Gasteiger partial charge on any atom is -0.356 e. The maximum Gasteiger partial charge on any atom is 0.224 e. The van der Waals surface area contributed by atoms with Gasteiger partial charge in [0.2, 0.25) is 5.28 Å². The molecule has 0 aliphatic heterocycles. The molecule has 1 aromatic heterocycles. The molecule has 0 aliphatic rings. The molecular formula is C13H22ClN3. The van der Waals surface area contributed by atoms with Gasteiger partial charge in [0.15, 0.2) is 0 Å². The first-order valence-corrected chi connectivity index (χ1v) is 6.74. The summed E-state index contributed by atoms with van der Waals surface area (Å²) < 4.78 is 0. The molecule has 0 radical (unpaired) electrons. The van der Waals surface area contributed by atoms with Gasteiger partial charge < -0.3 is 4.90 Å². The van der Waals surface area contributed by atoms with Crippen LogP contribution in [-0.4, -0.2) is 23.1 Å². The molecule has 0 aliphatic carbocycles. The van der Waals surface area contributed by atoms with E-state index in [1.54, 1.807) is 0 Å². The van der Waals surface area contributed by atoms with Gasteiger partial charge in [0, 0.05) is 24.8 Å². The summed E-state index contributed by atoms with van der Waals surface area (Å²) in [6, 6.07) is 2.00. The number of halogens is 1.